The molecule has 0 amide bonds. The molecule has 10 nitrogen and oxygen atoms in total. The highest BCUT2D eigenvalue weighted by Gasteiger charge is 2.20. The SMILES string of the molecule is CCCCn1c(=O)[nH]c(=O)c2c1nc(CSc1nnc(-c3ccoc3C)n1C)n2CC. The molecule has 0 fully saturated rings. The molecule has 11 heteroatoms. The van der Waals surface area contributed by atoms with Crippen LogP contribution < -0.4 is 11.2 Å². The molecule has 0 radical (unpaired) electrons. The third kappa shape index (κ3) is 3.73. The molecule has 4 aromatic heterocycles. The monoisotopic (exact) mass is 443 g/mol. The average molecular weight is 444 g/mol. The quantitative estimate of drug-likeness (QED) is 0.416. The molecule has 0 unspecified atom stereocenters. The second kappa shape index (κ2) is 8.58. The Bertz CT molecular complexity index is 1340. The third-order valence-electron chi connectivity index (χ3n) is 5.28. The lowest BCUT2D eigenvalue weighted by molar-refractivity contribution is 0.534. The lowest BCUT2D eigenvalue weighted by atomic mass is 10.2. The summed E-state index contributed by atoms with van der Waals surface area (Å²) < 4.78 is 10.7. The minimum atomic E-state index is -0.417. The van der Waals surface area contributed by atoms with Crippen LogP contribution in [0.1, 0.15) is 38.3 Å². The number of imidazole rings is 1. The molecular formula is C20H25N7O3S. The molecule has 0 aromatic carbocycles. The van der Waals surface area contributed by atoms with Gasteiger partial charge in [-0.25, -0.2) is 9.78 Å². The Labute approximate surface area is 182 Å². The van der Waals surface area contributed by atoms with E-state index in [1.54, 1.807) is 10.8 Å². The van der Waals surface area contributed by atoms with Gasteiger partial charge >= 0.3 is 5.69 Å². The Hall–Kier alpha value is -3.08. The average Bonchev–Trinajstić information content (AvgIpc) is 3.43. The maximum atomic E-state index is 12.5. The number of aryl methyl sites for hydroxylation is 3. The number of hydrogen-bond acceptors (Lipinski definition) is 7. The molecule has 4 rings (SSSR count). The van der Waals surface area contributed by atoms with Crippen LogP contribution in [0.3, 0.4) is 0 Å². The maximum Gasteiger partial charge on any atom is 0.330 e. The fourth-order valence-electron chi connectivity index (χ4n) is 3.61. The number of unbranched alkanes of at least 4 members (excludes halogenated alkanes) is 1. The van der Waals surface area contributed by atoms with Crippen LogP contribution in [0.25, 0.3) is 22.6 Å². The summed E-state index contributed by atoms with van der Waals surface area (Å²) in [6, 6.07) is 1.87. The minimum Gasteiger partial charge on any atom is -0.469 e. The standard InChI is InChI=1S/C20H25N7O3S/c1-5-7-9-27-17-15(18(28)22-19(27)29)26(6-2)14(21-17)11-31-20-24-23-16(25(20)4)13-8-10-30-12(13)3/h8,10H,5-7,9,11H2,1-4H3,(H,22,28,29). The van der Waals surface area contributed by atoms with Gasteiger partial charge in [0.1, 0.15) is 11.6 Å². The molecular weight excluding hydrogens is 418 g/mol. The minimum absolute atomic E-state index is 0.408. The van der Waals surface area contributed by atoms with Crippen LogP contribution in [-0.4, -0.2) is 33.9 Å². The van der Waals surface area contributed by atoms with E-state index in [-0.39, 0.29) is 0 Å². The highest BCUT2D eigenvalue weighted by molar-refractivity contribution is 7.98. The number of nitrogens with zero attached hydrogens (tertiary/aromatic N) is 6. The number of fused-ring (bicyclic) bond motifs is 1. The number of hydrogen-bond donors (Lipinski definition) is 1. The summed E-state index contributed by atoms with van der Waals surface area (Å²) in [4.78, 5) is 32.0. The van der Waals surface area contributed by atoms with E-state index in [0.29, 0.717) is 35.8 Å². The Balaban J connectivity index is 1.69. The maximum absolute atomic E-state index is 12.5. The topological polar surface area (TPSA) is 117 Å². The van der Waals surface area contributed by atoms with Crippen LogP contribution in [0.2, 0.25) is 0 Å². The second-order valence-electron chi connectivity index (χ2n) is 7.25. The van der Waals surface area contributed by atoms with Crippen molar-refractivity contribution in [1.82, 2.24) is 33.9 Å². The molecule has 0 atom stereocenters. The smallest absolute Gasteiger partial charge is 0.330 e. The summed E-state index contributed by atoms with van der Waals surface area (Å²) in [5, 5.41) is 9.32. The van der Waals surface area contributed by atoms with Crippen LogP contribution in [0.15, 0.2) is 31.5 Å². The highest BCUT2D eigenvalue weighted by atomic mass is 32.2. The van der Waals surface area contributed by atoms with Crippen LogP contribution in [0.4, 0.5) is 0 Å². The van der Waals surface area contributed by atoms with Gasteiger partial charge in [-0.1, -0.05) is 25.1 Å². The van der Waals surface area contributed by atoms with Crippen molar-refractivity contribution in [3.63, 3.8) is 0 Å². The molecule has 0 aliphatic carbocycles. The Kier molecular flexibility index (Phi) is 5.86. The Morgan fingerprint density at radius 1 is 1.19 bits per heavy atom. The number of aromatic nitrogens is 7. The van der Waals surface area contributed by atoms with Crippen LogP contribution in [0, 0.1) is 6.92 Å². The number of nitrogens with one attached hydrogen (secondary N) is 1. The second-order valence-corrected chi connectivity index (χ2v) is 8.20. The zero-order valence-electron chi connectivity index (χ0n) is 18.0. The molecule has 1 N–H and O–H groups in total. The van der Waals surface area contributed by atoms with E-state index >= 15 is 0 Å². The van der Waals surface area contributed by atoms with E-state index in [1.807, 2.05) is 36.1 Å². The Morgan fingerprint density at radius 3 is 2.68 bits per heavy atom. The number of furan rings is 1. The van der Waals surface area contributed by atoms with E-state index in [0.717, 1.165) is 35.1 Å². The number of thioether (sulfide) groups is 1. The van der Waals surface area contributed by atoms with Crippen molar-refractivity contribution in [2.24, 2.45) is 7.05 Å². The van der Waals surface area contributed by atoms with E-state index in [4.69, 9.17) is 4.42 Å². The molecule has 0 aliphatic rings. The van der Waals surface area contributed by atoms with E-state index < -0.39 is 11.2 Å². The van der Waals surface area contributed by atoms with E-state index in [1.165, 1.54) is 11.8 Å². The van der Waals surface area contributed by atoms with Gasteiger partial charge in [0.2, 0.25) is 0 Å². The van der Waals surface area contributed by atoms with Gasteiger partial charge in [-0.2, -0.15) is 0 Å². The van der Waals surface area contributed by atoms with Crippen molar-refractivity contribution in [2.45, 2.75) is 57.6 Å². The van der Waals surface area contributed by atoms with Crippen molar-refractivity contribution >= 4 is 22.9 Å². The van der Waals surface area contributed by atoms with Crippen LogP contribution in [0.5, 0.6) is 0 Å². The van der Waals surface area contributed by atoms with Crippen molar-refractivity contribution < 1.29 is 4.42 Å². The van der Waals surface area contributed by atoms with Gasteiger partial charge in [-0.3, -0.25) is 14.3 Å². The molecule has 0 saturated carbocycles. The van der Waals surface area contributed by atoms with Gasteiger partial charge in [0.15, 0.2) is 22.1 Å². The molecule has 4 aromatic rings. The summed E-state index contributed by atoms with van der Waals surface area (Å²) >= 11 is 1.48. The largest absolute Gasteiger partial charge is 0.469 e. The molecule has 4 heterocycles. The van der Waals surface area contributed by atoms with Crippen LogP contribution >= 0.6 is 11.8 Å². The lowest BCUT2D eigenvalue weighted by Gasteiger charge is -2.06. The molecule has 164 valence electrons. The first-order chi connectivity index (χ1) is 15.0. The van der Waals surface area contributed by atoms with Crippen molar-refractivity contribution in [3.05, 3.63) is 44.8 Å². The van der Waals surface area contributed by atoms with E-state index in [9.17, 15) is 9.59 Å². The highest BCUT2D eigenvalue weighted by Crippen LogP contribution is 2.28. The summed E-state index contributed by atoms with van der Waals surface area (Å²) in [6.45, 7) is 6.99. The van der Waals surface area contributed by atoms with Gasteiger partial charge in [-0.15, -0.1) is 10.2 Å². The molecule has 0 aliphatic heterocycles. The predicted octanol–water partition coefficient (Wildman–Crippen LogP) is 2.70. The lowest BCUT2D eigenvalue weighted by Crippen LogP contribution is -2.31. The number of aromatic amines is 1. The van der Waals surface area contributed by atoms with Gasteiger partial charge in [0.25, 0.3) is 5.56 Å². The first-order valence-electron chi connectivity index (χ1n) is 10.2. The number of H-pyrrole nitrogens is 1. The third-order valence-corrected chi connectivity index (χ3v) is 6.30. The summed E-state index contributed by atoms with van der Waals surface area (Å²) in [5.74, 6) is 2.71. The first-order valence-corrected chi connectivity index (χ1v) is 11.2. The van der Waals surface area contributed by atoms with Crippen molar-refractivity contribution in [1.29, 1.82) is 0 Å². The summed E-state index contributed by atoms with van der Waals surface area (Å²) in [6.07, 6.45) is 3.40. The van der Waals surface area contributed by atoms with Crippen molar-refractivity contribution in [3.8, 4) is 11.4 Å². The number of rotatable bonds is 8. The summed E-state index contributed by atoms with van der Waals surface area (Å²) in [7, 11) is 1.90. The molecule has 0 saturated heterocycles. The van der Waals surface area contributed by atoms with E-state index in [2.05, 4.69) is 27.1 Å². The molecule has 0 bridgehead atoms. The Morgan fingerprint density at radius 2 is 2.00 bits per heavy atom. The molecule has 31 heavy (non-hydrogen) atoms. The first kappa shape index (κ1) is 21.2. The predicted molar refractivity (Wildman–Crippen MR) is 118 cm³/mol. The van der Waals surface area contributed by atoms with Gasteiger partial charge in [-0.05, 0) is 26.3 Å². The zero-order chi connectivity index (χ0) is 22.1. The fraction of sp³-hybridized carbons (Fsp3) is 0.450. The van der Waals surface area contributed by atoms with Gasteiger partial charge < -0.3 is 13.6 Å². The zero-order valence-corrected chi connectivity index (χ0v) is 18.8. The molecule has 0 spiro atoms. The van der Waals surface area contributed by atoms with Crippen LogP contribution in [-0.2, 0) is 25.9 Å². The van der Waals surface area contributed by atoms with Gasteiger partial charge in [0, 0.05) is 20.1 Å². The normalized spacial score (nSPS) is 11.6. The van der Waals surface area contributed by atoms with Gasteiger partial charge in [0.05, 0.1) is 17.6 Å². The van der Waals surface area contributed by atoms with Crippen molar-refractivity contribution in [2.75, 3.05) is 0 Å². The fourth-order valence-corrected chi connectivity index (χ4v) is 4.47. The summed E-state index contributed by atoms with van der Waals surface area (Å²) in [5.41, 5.74) is 0.942.